The van der Waals surface area contributed by atoms with E-state index in [-0.39, 0.29) is 6.04 Å². The molecule has 0 bridgehead atoms. The number of halogens is 4. The van der Waals surface area contributed by atoms with Crippen molar-refractivity contribution in [3.8, 4) is 11.1 Å². The van der Waals surface area contributed by atoms with Crippen LogP contribution in [0.15, 0.2) is 96.9 Å². The summed E-state index contributed by atoms with van der Waals surface area (Å²) in [6, 6.07) is 23.6. The van der Waals surface area contributed by atoms with Crippen molar-refractivity contribution in [3.63, 3.8) is 0 Å². The Morgan fingerprint density at radius 2 is 1.04 bits per heavy atom. The van der Waals surface area contributed by atoms with Crippen LogP contribution in [-0.4, -0.2) is 34.1 Å². The first-order chi connectivity index (χ1) is 22.4. The van der Waals surface area contributed by atoms with E-state index in [1.807, 2.05) is 44.3 Å². The number of hydrogen-bond donors (Lipinski definition) is 2. The number of aromatic nitrogens is 2. The number of rotatable bonds is 1. The molecule has 241 valence electrons. The molecule has 4 N–H and O–H groups in total. The van der Waals surface area contributed by atoms with Crippen LogP contribution in [0.25, 0.3) is 43.7 Å². The van der Waals surface area contributed by atoms with Gasteiger partial charge in [-0.3, -0.25) is 14.6 Å². The summed E-state index contributed by atoms with van der Waals surface area (Å²) in [6.45, 7) is 4.43. The first kappa shape index (κ1) is 37.1. The maximum atomic E-state index is 12.1. The number of benzene rings is 5. The van der Waals surface area contributed by atoms with Crippen LogP contribution in [0.1, 0.15) is 33.3 Å². The number of nitrogens with two attached hydrogens (primary N) is 2. The third kappa shape index (κ3) is 8.65. The number of Topliss-reactive ketones (excluding diaryl/α,β-unsaturated/α-hetero) is 2. The molecule has 1 unspecified atom stereocenters. The fourth-order valence-electron chi connectivity index (χ4n) is 4.88. The molecular formula is C34H26Br4MnN4O4. The number of hydrogen-bond acceptors (Lipinski definition) is 8. The Kier molecular flexibility index (Phi) is 13.1. The van der Waals surface area contributed by atoms with Gasteiger partial charge in [0.25, 0.3) is 0 Å². The minimum atomic E-state index is -1.44. The first-order valence-corrected chi connectivity index (χ1v) is 18.0. The van der Waals surface area contributed by atoms with E-state index in [0.29, 0.717) is 17.7 Å². The van der Waals surface area contributed by atoms with Crippen LogP contribution in [-0.2, 0) is 22.5 Å². The number of ketones is 2. The van der Waals surface area contributed by atoms with Crippen LogP contribution >= 0.6 is 63.7 Å². The summed E-state index contributed by atoms with van der Waals surface area (Å²) in [5, 5.41) is 4.66. The fourth-order valence-corrected chi connectivity index (χ4v) is 6.32. The van der Waals surface area contributed by atoms with Crippen molar-refractivity contribution in [2.75, 3.05) is 6.54 Å². The van der Waals surface area contributed by atoms with E-state index in [9.17, 15) is 9.59 Å². The van der Waals surface area contributed by atoms with Gasteiger partial charge in [0.15, 0.2) is 0 Å². The van der Waals surface area contributed by atoms with Gasteiger partial charge in [-0.1, -0.05) is 88.0 Å². The summed E-state index contributed by atoms with van der Waals surface area (Å²) < 4.78 is 20.5. The normalized spacial score (nSPS) is 12.1. The standard InChI is InChI=1S/C17H10Br2N2.C14H6Br2O2.C3H10N2.Mn.2O/c1-9-8-20-16-14-6-10(18)2-4-12(14)13-5-3-11(19)7-15(13)17(16)21-9;15-7-1-3-9-10-4-2-8(16)6-12(10)14(18)13(17)11(9)5-7;1-3(5)2-4;;;/h2-8H,1H3;1-6H;3H,2,4-5H2,1H3;;;. The van der Waals surface area contributed by atoms with Gasteiger partial charge in [0.1, 0.15) is 0 Å². The van der Waals surface area contributed by atoms with E-state index in [1.165, 1.54) is 10.8 Å². The van der Waals surface area contributed by atoms with Gasteiger partial charge in [0, 0.05) is 58.6 Å². The molecule has 0 aliphatic heterocycles. The Bertz CT molecular complexity index is 2140. The molecule has 1 aliphatic rings. The zero-order valence-corrected chi connectivity index (χ0v) is 32.4. The second-order valence-electron chi connectivity index (χ2n) is 10.4. The predicted octanol–water partition coefficient (Wildman–Crippen LogP) is 9.08. The average molecular weight is 929 g/mol. The maximum absolute atomic E-state index is 12.1. The Balaban J connectivity index is 0.000000175. The summed E-state index contributed by atoms with van der Waals surface area (Å²) in [4.78, 5) is 33.5. The van der Waals surface area contributed by atoms with Gasteiger partial charge in [0.05, 0.1) is 16.7 Å². The van der Waals surface area contributed by atoms with Gasteiger partial charge in [-0.2, -0.15) is 0 Å². The third-order valence-corrected chi connectivity index (χ3v) is 8.95. The predicted molar refractivity (Wildman–Crippen MR) is 195 cm³/mol. The molecule has 6 aromatic rings. The van der Waals surface area contributed by atoms with Gasteiger partial charge in [0.2, 0.25) is 11.6 Å². The molecule has 47 heavy (non-hydrogen) atoms. The van der Waals surface area contributed by atoms with Crippen molar-refractivity contribution in [2.24, 2.45) is 11.5 Å². The molecule has 7 rings (SSSR count). The third-order valence-electron chi connectivity index (χ3n) is 6.98. The molecule has 13 heteroatoms. The summed E-state index contributed by atoms with van der Waals surface area (Å²) in [5.41, 5.74) is 15.6. The molecule has 0 radical (unpaired) electrons. The van der Waals surface area contributed by atoms with E-state index in [1.54, 1.807) is 12.1 Å². The number of fused-ring (bicyclic) bond motifs is 9. The summed E-state index contributed by atoms with van der Waals surface area (Å²) >= 11 is 12.3. The molecule has 0 saturated heterocycles. The van der Waals surface area contributed by atoms with Gasteiger partial charge >= 0.3 is 22.5 Å². The van der Waals surface area contributed by atoms with E-state index in [2.05, 4.69) is 105 Å². The molecule has 0 saturated carbocycles. The van der Waals surface area contributed by atoms with Gasteiger partial charge < -0.3 is 11.5 Å². The van der Waals surface area contributed by atoms with E-state index < -0.39 is 26.4 Å². The summed E-state index contributed by atoms with van der Waals surface area (Å²) in [7, 11) is 0. The summed E-state index contributed by atoms with van der Waals surface area (Å²) in [5.74, 6) is -0.895. The topological polar surface area (TPSA) is 146 Å². The molecule has 0 amide bonds. The average Bonchev–Trinajstić information content (AvgIpc) is 3.04. The van der Waals surface area contributed by atoms with Crippen LogP contribution in [0.5, 0.6) is 0 Å². The van der Waals surface area contributed by atoms with Crippen LogP contribution in [0, 0.1) is 6.92 Å². The van der Waals surface area contributed by atoms with Crippen molar-refractivity contribution in [1.29, 1.82) is 0 Å². The van der Waals surface area contributed by atoms with Crippen molar-refractivity contribution < 1.29 is 32.1 Å². The van der Waals surface area contributed by atoms with Crippen molar-refractivity contribution in [1.82, 2.24) is 9.97 Å². The number of nitrogens with zero attached hydrogens (tertiary/aromatic N) is 2. The van der Waals surface area contributed by atoms with Gasteiger partial charge in [-0.05, 0) is 84.3 Å². The van der Waals surface area contributed by atoms with E-state index >= 15 is 0 Å². The molecule has 8 nitrogen and oxygen atoms in total. The van der Waals surface area contributed by atoms with E-state index in [4.69, 9.17) is 24.1 Å². The number of carbonyl (C=O) groups is 2. The Morgan fingerprint density at radius 3 is 1.47 bits per heavy atom. The summed E-state index contributed by atoms with van der Waals surface area (Å²) in [6.07, 6.45) is 1.83. The molecule has 0 spiro atoms. The Morgan fingerprint density at radius 1 is 0.660 bits per heavy atom. The molecule has 1 heterocycles. The second-order valence-corrected chi connectivity index (χ2v) is 14.3. The molecule has 1 aromatic heterocycles. The van der Waals surface area contributed by atoms with Crippen LogP contribution in [0.4, 0.5) is 0 Å². The second kappa shape index (κ2) is 16.6. The van der Waals surface area contributed by atoms with Crippen molar-refractivity contribution >= 4 is 108 Å². The zero-order chi connectivity index (χ0) is 34.4. The molecule has 5 aromatic carbocycles. The minimum absolute atomic E-state index is 0.162. The molecule has 1 aliphatic carbocycles. The van der Waals surface area contributed by atoms with Crippen LogP contribution in [0.3, 0.4) is 0 Å². The number of aryl methyl sites for hydroxylation is 1. The molecular weight excluding hydrogens is 903 g/mol. The Hall–Kier alpha value is -2.74. The Labute approximate surface area is 310 Å². The van der Waals surface area contributed by atoms with E-state index in [0.717, 1.165) is 56.5 Å². The van der Waals surface area contributed by atoms with Crippen LogP contribution < -0.4 is 11.5 Å². The zero-order valence-electron chi connectivity index (χ0n) is 24.9. The number of carbonyl (C=O) groups excluding carboxylic acids is 2. The SMILES string of the molecule is CC(N)CN.Cc1cnc2c3cc(Br)ccc3c3ccc(Br)cc3c2n1.O=C1C(=O)c2cc(Br)ccc2-c2ccc(Br)cc21.[O]=[Mn]=[O]. The quantitative estimate of drug-likeness (QED) is 0.0944. The fraction of sp³-hybridized carbons (Fsp3) is 0.118. The monoisotopic (exact) mass is 925 g/mol. The van der Waals surface area contributed by atoms with Crippen molar-refractivity contribution in [3.05, 3.63) is 114 Å². The van der Waals surface area contributed by atoms with Crippen LogP contribution in [0.2, 0.25) is 0 Å². The first-order valence-electron chi connectivity index (χ1n) is 13.9. The molecule has 1 atom stereocenters. The molecule has 0 fully saturated rings. The van der Waals surface area contributed by atoms with Gasteiger partial charge in [-0.15, -0.1) is 0 Å². The van der Waals surface area contributed by atoms with Gasteiger partial charge in [-0.25, -0.2) is 4.98 Å². The van der Waals surface area contributed by atoms with Crippen molar-refractivity contribution in [2.45, 2.75) is 19.9 Å².